The Kier molecular flexibility index (Phi) is 5.83. The molecule has 3 nitrogen and oxygen atoms in total. The van der Waals surface area contributed by atoms with Gasteiger partial charge in [-0.15, -0.1) is 0 Å². The van der Waals surface area contributed by atoms with Crippen molar-refractivity contribution in [2.24, 2.45) is 0 Å². The van der Waals surface area contributed by atoms with Crippen molar-refractivity contribution >= 4 is 11.8 Å². The maximum Gasteiger partial charge on any atom is 0.414 e. The van der Waals surface area contributed by atoms with Crippen molar-refractivity contribution < 1.29 is 9.53 Å². The van der Waals surface area contributed by atoms with E-state index < -0.39 is 0 Å². The minimum Gasteiger partial charge on any atom is -0.449 e. The SMILES string of the molecule is CCN(C(=O)OCCCc1ccccc1)c1ccccc1. The van der Waals surface area contributed by atoms with Gasteiger partial charge >= 0.3 is 6.09 Å². The van der Waals surface area contributed by atoms with Gasteiger partial charge in [-0.3, -0.25) is 4.90 Å². The first-order chi connectivity index (χ1) is 10.3. The number of rotatable bonds is 6. The summed E-state index contributed by atoms with van der Waals surface area (Å²) in [6.45, 7) is 2.98. The molecule has 0 N–H and O–H groups in total. The molecule has 0 heterocycles. The highest BCUT2D eigenvalue weighted by Gasteiger charge is 2.14. The Balaban J connectivity index is 1.78. The van der Waals surface area contributed by atoms with Crippen LogP contribution in [0.4, 0.5) is 10.5 Å². The highest BCUT2D eigenvalue weighted by Crippen LogP contribution is 2.14. The summed E-state index contributed by atoms with van der Waals surface area (Å²) in [4.78, 5) is 13.7. The second kappa shape index (κ2) is 8.10. The lowest BCUT2D eigenvalue weighted by Crippen LogP contribution is -2.31. The van der Waals surface area contributed by atoms with Gasteiger partial charge in [0, 0.05) is 12.2 Å². The number of carbonyl (C=O) groups is 1. The highest BCUT2D eigenvalue weighted by molar-refractivity contribution is 5.87. The van der Waals surface area contributed by atoms with Gasteiger partial charge in [-0.1, -0.05) is 48.5 Å². The van der Waals surface area contributed by atoms with Crippen LogP contribution in [-0.2, 0) is 11.2 Å². The third-order valence-electron chi connectivity index (χ3n) is 3.28. The van der Waals surface area contributed by atoms with Crippen molar-refractivity contribution in [1.29, 1.82) is 0 Å². The van der Waals surface area contributed by atoms with Crippen LogP contribution in [0.25, 0.3) is 0 Å². The summed E-state index contributed by atoms with van der Waals surface area (Å²) >= 11 is 0. The summed E-state index contributed by atoms with van der Waals surface area (Å²) in [5.41, 5.74) is 2.14. The fourth-order valence-electron chi connectivity index (χ4n) is 2.18. The Morgan fingerprint density at radius 3 is 2.24 bits per heavy atom. The van der Waals surface area contributed by atoms with E-state index in [1.165, 1.54) is 5.56 Å². The van der Waals surface area contributed by atoms with Crippen LogP contribution in [0.15, 0.2) is 60.7 Å². The zero-order valence-corrected chi connectivity index (χ0v) is 12.4. The van der Waals surface area contributed by atoms with E-state index in [0.29, 0.717) is 13.2 Å². The molecule has 2 aromatic rings. The second-order valence-corrected chi connectivity index (χ2v) is 4.78. The molecule has 0 aliphatic heterocycles. The zero-order valence-electron chi connectivity index (χ0n) is 12.4. The first-order valence-electron chi connectivity index (χ1n) is 7.34. The molecular formula is C18H21NO2. The monoisotopic (exact) mass is 283 g/mol. The summed E-state index contributed by atoms with van der Waals surface area (Å²) < 4.78 is 5.36. The average molecular weight is 283 g/mol. The van der Waals surface area contributed by atoms with Crippen molar-refractivity contribution in [2.75, 3.05) is 18.1 Å². The molecule has 0 aliphatic rings. The Bertz CT molecular complexity index is 540. The zero-order chi connectivity index (χ0) is 14.9. The normalized spacial score (nSPS) is 10.1. The minimum absolute atomic E-state index is 0.281. The standard InChI is InChI=1S/C18H21NO2/c1-2-19(17-13-7-4-8-14-17)18(20)21-15-9-12-16-10-5-3-6-11-16/h3-8,10-11,13-14H,2,9,12,15H2,1H3. The van der Waals surface area contributed by atoms with Crippen LogP contribution in [0.3, 0.4) is 0 Å². The number of benzene rings is 2. The van der Waals surface area contributed by atoms with Gasteiger partial charge in [0.05, 0.1) is 6.61 Å². The molecule has 3 heteroatoms. The molecule has 110 valence electrons. The molecule has 0 aliphatic carbocycles. The molecule has 0 saturated carbocycles. The van der Waals surface area contributed by atoms with Crippen molar-refractivity contribution in [2.45, 2.75) is 19.8 Å². The maximum atomic E-state index is 12.1. The molecule has 1 amide bonds. The summed E-state index contributed by atoms with van der Waals surface area (Å²) in [7, 11) is 0. The van der Waals surface area contributed by atoms with E-state index in [0.717, 1.165) is 18.5 Å². The maximum absolute atomic E-state index is 12.1. The molecule has 2 aromatic carbocycles. The summed E-state index contributed by atoms with van der Waals surface area (Å²) in [6.07, 6.45) is 1.48. The Morgan fingerprint density at radius 1 is 1.00 bits per heavy atom. The largest absolute Gasteiger partial charge is 0.449 e. The van der Waals surface area contributed by atoms with Gasteiger partial charge in [-0.2, -0.15) is 0 Å². The molecule has 0 unspecified atom stereocenters. The lowest BCUT2D eigenvalue weighted by Gasteiger charge is -2.20. The first kappa shape index (κ1) is 15.1. The molecule has 0 saturated heterocycles. The second-order valence-electron chi connectivity index (χ2n) is 4.78. The molecule has 0 bridgehead atoms. The summed E-state index contributed by atoms with van der Waals surface area (Å²) in [5, 5.41) is 0. The summed E-state index contributed by atoms with van der Waals surface area (Å²) in [5.74, 6) is 0. The average Bonchev–Trinajstić information content (AvgIpc) is 2.54. The molecule has 21 heavy (non-hydrogen) atoms. The van der Waals surface area contributed by atoms with E-state index in [9.17, 15) is 4.79 Å². The van der Waals surface area contributed by atoms with Crippen LogP contribution >= 0.6 is 0 Å². The number of hydrogen-bond donors (Lipinski definition) is 0. The Hall–Kier alpha value is -2.29. The topological polar surface area (TPSA) is 29.5 Å². The predicted molar refractivity (Wildman–Crippen MR) is 85.6 cm³/mol. The number of nitrogens with zero attached hydrogens (tertiary/aromatic N) is 1. The number of aryl methyl sites for hydroxylation is 1. The van der Waals surface area contributed by atoms with E-state index in [4.69, 9.17) is 4.74 Å². The number of hydrogen-bond acceptors (Lipinski definition) is 2. The lowest BCUT2D eigenvalue weighted by molar-refractivity contribution is 0.152. The predicted octanol–water partition coefficient (Wildman–Crippen LogP) is 4.28. The number of anilines is 1. The van der Waals surface area contributed by atoms with Gasteiger partial charge < -0.3 is 4.74 Å². The summed E-state index contributed by atoms with van der Waals surface area (Å²) in [6, 6.07) is 19.8. The molecular weight excluding hydrogens is 262 g/mol. The quantitative estimate of drug-likeness (QED) is 0.740. The molecule has 0 radical (unpaired) electrons. The lowest BCUT2D eigenvalue weighted by atomic mass is 10.1. The Labute approximate surface area is 126 Å². The first-order valence-corrected chi connectivity index (χ1v) is 7.34. The molecule has 0 aromatic heterocycles. The van der Waals surface area contributed by atoms with Gasteiger partial charge in [-0.25, -0.2) is 4.79 Å². The van der Waals surface area contributed by atoms with E-state index in [-0.39, 0.29) is 6.09 Å². The van der Waals surface area contributed by atoms with Crippen molar-refractivity contribution in [3.63, 3.8) is 0 Å². The smallest absolute Gasteiger partial charge is 0.414 e. The van der Waals surface area contributed by atoms with Gasteiger partial charge in [0.15, 0.2) is 0 Å². The van der Waals surface area contributed by atoms with Crippen LogP contribution < -0.4 is 4.90 Å². The van der Waals surface area contributed by atoms with Gasteiger partial charge in [0.1, 0.15) is 0 Å². The van der Waals surface area contributed by atoms with Gasteiger partial charge in [0.25, 0.3) is 0 Å². The Morgan fingerprint density at radius 2 is 1.62 bits per heavy atom. The van der Waals surface area contributed by atoms with Crippen LogP contribution in [-0.4, -0.2) is 19.2 Å². The fraction of sp³-hybridized carbons (Fsp3) is 0.278. The number of para-hydroxylation sites is 1. The molecule has 0 spiro atoms. The van der Waals surface area contributed by atoms with Crippen LogP contribution in [0.2, 0.25) is 0 Å². The van der Waals surface area contributed by atoms with Crippen LogP contribution in [0.1, 0.15) is 18.9 Å². The van der Waals surface area contributed by atoms with E-state index >= 15 is 0 Å². The number of amides is 1. The van der Waals surface area contributed by atoms with E-state index in [1.54, 1.807) is 4.90 Å². The number of ether oxygens (including phenoxy) is 1. The van der Waals surface area contributed by atoms with Gasteiger partial charge in [0.2, 0.25) is 0 Å². The minimum atomic E-state index is -0.281. The van der Waals surface area contributed by atoms with E-state index in [1.807, 2.05) is 55.5 Å². The third-order valence-corrected chi connectivity index (χ3v) is 3.28. The van der Waals surface area contributed by atoms with Gasteiger partial charge in [-0.05, 0) is 37.5 Å². The number of carbonyl (C=O) groups excluding carboxylic acids is 1. The van der Waals surface area contributed by atoms with Crippen molar-refractivity contribution in [1.82, 2.24) is 0 Å². The molecule has 2 rings (SSSR count). The fourth-order valence-corrected chi connectivity index (χ4v) is 2.18. The highest BCUT2D eigenvalue weighted by atomic mass is 16.6. The van der Waals surface area contributed by atoms with E-state index in [2.05, 4.69) is 12.1 Å². The van der Waals surface area contributed by atoms with Crippen LogP contribution in [0, 0.1) is 0 Å². The van der Waals surface area contributed by atoms with Crippen LogP contribution in [0.5, 0.6) is 0 Å². The van der Waals surface area contributed by atoms with Crippen molar-refractivity contribution in [3.05, 3.63) is 66.2 Å². The third kappa shape index (κ3) is 4.63. The molecule has 0 fully saturated rings. The molecule has 0 atom stereocenters. The van der Waals surface area contributed by atoms with Crippen molar-refractivity contribution in [3.8, 4) is 0 Å².